The van der Waals surface area contributed by atoms with Crippen molar-refractivity contribution in [3.8, 4) is 22.6 Å². The number of hydrogen-bond donors (Lipinski definition) is 0. The number of aromatic nitrogens is 3. The van der Waals surface area contributed by atoms with Crippen molar-refractivity contribution < 1.29 is 9.13 Å². The highest BCUT2D eigenvalue weighted by Crippen LogP contribution is 2.51. The van der Waals surface area contributed by atoms with E-state index in [0.717, 1.165) is 25.8 Å². The third-order valence-electron chi connectivity index (χ3n) is 13.0. The van der Waals surface area contributed by atoms with Gasteiger partial charge in [0.15, 0.2) is 22.9 Å². The molecule has 2 aromatic heterocycles. The first-order valence-corrected chi connectivity index (χ1v) is 20.5. The van der Waals surface area contributed by atoms with Crippen LogP contribution in [-0.2, 0) is 22.8 Å². The highest BCUT2D eigenvalue weighted by atomic mass is 15.2. The number of pyridine rings is 1. The fourth-order valence-electron chi connectivity index (χ4n) is 9.86. The van der Waals surface area contributed by atoms with Crippen molar-refractivity contribution in [3.63, 3.8) is 0 Å². The van der Waals surface area contributed by atoms with Crippen LogP contribution in [0.4, 0.5) is 0 Å². The van der Waals surface area contributed by atoms with Gasteiger partial charge in [0.25, 0.3) is 5.82 Å². The Labute approximate surface area is 314 Å². The van der Waals surface area contributed by atoms with E-state index in [4.69, 9.17) is 0 Å². The van der Waals surface area contributed by atoms with Crippen LogP contribution in [0.5, 0.6) is 0 Å². The molecule has 2 unspecified atom stereocenters. The summed E-state index contributed by atoms with van der Waals surface area (Å²) in [6.07, 6.45) is 15.8. The highest BCUT2D eigenvalue weighted by Gasteiger charge is 2.47. The molecule has 0 saturated heterocycles. The number of nitrogens with zero attached hydrogens (tertiary/aromatic N) is 3. The fraction of sp³-hybridized carbons (Fsp3) is 0.469. The lowest BCUT2D eigenvalue weighted by Crippen LogP contribution is -2.51. The van der Waals surface area contributed by atoms with Gasteiger partial charge < -0.3 is 0 Å². The highest BCUT2D eigenvalue weighted by molar-refractivity contribution is 5.81. The van der Waals surface area contributed by atoms with Gasteiger partial charge in [0.1, 0.15) is 6.54 Å². The summed E-state index contributed by atoms with van der Waals surface area (Å²) in [6.45, 7) is 22.6. The van der Waals surface area contributed by atoms with Gasteiger partial charge in [0.05, 0.1) is 17.0 Å². The summed E-state index contributed by atoms with van der Waals surface area (Å²) < 4.78 is 7.90. The molecule has 1 aliphatic carbocycles. The first kappa shape index (κ1) is 36.4. The zero-order valence-electron chi connectivity index (χ0n) is 33.7. The minimum Gasteiger partial charge on any atom is -0.222 e. The number of benzene rings is 3. The summed E-state index contributed by atoms with van der Waals surface area (Å²) in [5.41, 5.74) is 14.3. The first-order chi connectivity index (χ1) is 25.0. The fourth-order valence-corrected chi connectivity index (χ4v) is 9.86. The zero-order chi connectivity index (χ0) is 36.8. The number of hydrogen-bond acceptors (Lipinski definition) is 0. The summed E-state index contributed by atoms with van der Waals surface area (Å²) in [5.74, 6) is 1.37. The van der Waals surface area contributed by atoms with Gasteiger partial charge in [-0.25, -0.2) is 9.13 Å². The minimum atomic E-state index is -0.166. The largest absolute Gasteiger partial charge is 0.290 e. The predicted octanol–water partition coefficient (Wildman–Crippen LogP) is 12.4. The maximum absolute atomic E-state index is 2.73. The van der Waals surface area contributed by atoms with Crippen LogP contribution in [0.25, 0.3) is 39.4 Å². The maximum Gasteiger partial charge on any atom is 0.290 e. The van der Waals surface area contributed by atoms with Gasteiger partial charge in [0, 0.05) is 24.1 Å². The van der Waals surface area contributed by atoms with Crippen molar-refractivity contribution >= 4 is 16.7 Å². The number of unbranched alkanes of at least 4 members (excludes halogenated alkanes) is 2. The molecule has 0 amide bonds. The van der Waals surface area contributed by atoms with E-state index in [9.17, 15) is 0 Å². The first-order valence-electron chi connectivity index (χ1n) is 20.5. The van der Waals surface area contributed by atoms with Crippen molar-refractivity contribution in [1.82, 2.24) is 4.57 Å². The number of aryl methyl sites for hydroxylation is 1. The van der Waals surface area contributed by atoms with E-state index in [2.05, 4.69) is 167 Å². The molecule has 2 atom stereocenters. The van der Waals surface area contributed by atoms with Crippen molar-refractivity contribution in [2.24, 2.45) is 0 Å². The van der Waals surface area contributed by atoms with Gasteiger partial charge >= 0.3 is 0 Å². The van der Waals surface area contributed by atoms with Crippen molar-refractivity contribution in [1.29, 1.82) is 0 Å². The van der Waals surface area contributed by atoms with Crippen molar-refractivity contribution in [2.75, 3.05) is 0 Å². The average Bonchev–Trinajstić information content (AvgIpc) is 3.47. The Hall–Kier alpha value is -3.98. The van der Waals surface area contributed by atoms with Crippen LogP contribution < -0.4 is 9.13 Å². The van der Waals surface area contributed by atoms with Crippen LogP contribution in [-0.4, -0.2) is 4.57 Å². The molecule has 0 spiro atoms. The van der Waals surface area contributed by atoms with Crippen LogP contribution in [0.3, 0.4) is 0 Å². The Morgan fingerprint density at radius 1 is 0.808 bits per heavy atom. The van der Waals surface area contributed by atoms with Crippen molar-refractivity contribution in [3.05, 3.63) is 113 Å². The third-order valence-corrected chi connectivity index (χ3v) is 13.0. The van der Waals surface area contributed by atoms with E-state index < -0.39 is 0 Å². The summed E-state index contributed by atoms with van der Waals surface area (Å²) >= 11 is 0. The molecular formula is C49H63N3+2. The molecule has 2 aliphatic rings. The maximum atomic E-state index is 2.73. The molecule has 0 fully saturated rings. The lowest BCUT2D eigenvalue weighted by atomic mass is 9.61. The molecule has 3 heterocycles. The van der Waals surface area contributed by atoms with E-state index in [1.165, 1.54) is 89.0 Å². The summed E-state index contributed by atoms with van der Waals surface area (Å²) in [4.78, 5) is 0. The molecule has 3 aromatic carbocycles. The van der Waals surface area contributed by atoms with Crippen molar-refractivity contribution in [2.45, 2.75) is 149 Å². The molecule has 0 saturated carbocycles. The van der Waals surface area contributed by atoms with Crippen LogP contribution in [0.1, 0.15) is 141 Å². The van der Waals surface area contributed by atoms with E-state index in [-0.39, 0.29) is 16.2 Å². The smallest absolute Gasteiger partial charge is 0.222 e. The summed E-state index contributed by atoms with van der Waals surface area (Å²) in [6, 6.07) is 30.5. The second kappa shape index (κ2) is 14.1. The molecular weight excluding hydrogens is 631 g/mol. The molecule has 7 rings (SSSR count). The van der Waals surface area contributed by atoms with Crippen LogP contribution in [0.2, 0.25) is 0 Å². The molecule has 272 valence electrons. The Bertz CT molecular complexity index is 2130. The van der Waals surface area contributed by atoms with E-state index in [0.29, 0.717) is 6.04 Å². The van der Waals surface area contributed by atoms with Gasteiger partial charge in [-0.2, -0.15) is 4.57 Å². The number of allylic oxidation sites excluding steroid dienone is 2. The molecule has 0 bridgehead atoms. The van der Waals surface area contributed by atoms with Crippen LogP contribution >= 0.6 is 0 Å². The van der Waals surface area contributed by atoms with Gasteiger partial charge in [-0.05, 0) is 122 Å². The number of rotatable bonds is 11. The van der Waals surface area contributed by atoms with Gasteiger partial charge in [-0.1, -0.05) is 97.2 Å². The standard InChI is InChI=1S/C49H63N3/c1-10-13-19-27-48(9)29-28-47(7,8)41-31-44-45(32-42(41)48)52(35(4)5)46-39-24-16-17-25-40(39)49(12-3,34-51(44)46)33-37(21-11-2)50-30-20-18-26-43(50)38-23-15-14-22-36(38)6/h14-18,20,22-26,30-33,35H,10-13,19,21,27-29,34H2,1-9H3/q+2. The third kappa shape index (κ3) is 6.06. The Kier molecular flexibility index (Phi) is 9.87. The molecule has 5 aromatic rings. The number of imidazole rings is 1. The summed E-state index contributed by atoms with van der Waals surface area (Å²) in [5, 5.41) is 0. The Morgan fingerprint density at radius 3 is 2.25 bits per heavy atom. The number of fused-ring (bicyclic) bond motifs is 6. The SMILES string of the molecule is CCCCCC1(C)CCC(C)(C)c2cc3c(cc21)n(C(C)C)c1[n+]3CC(C=C(CCC)[n+]2ccccc2-c2ccccc2C)(CC)c2ccccc2-1. The second-order valence-electron chi connectivity index (χ2n) is 17.4. The molecule has 52 heavy (non-hydrogen) atoms. The van der Waals surface area contributed by atoms with E-state index >= 15 is 0 Å². The summed E-state index contributed by atoms with van der Waals surface area (Å²) in [7, 11) is 0. The molecule has 3 nitrogen and oxygen atoms in total. The molecule has 1 aliphatic heterocycles. The normalized spacial score (nSPS) is 20.9. The monoisotopic (exact) mass is 694 g/mol. The van der Waals surface area contributed by atoms with Crippen LogP contribution in [0, 0.1) is 6.92 Å². The molecule has 3 heteroatoms. The van der Waals surface area contributed by atoms with Gasteiger partial charge in [0.2, 0.25) is 5.69 Å². The second-order valence-corrected chi connectivity index (χ2v) is 17.4. The topological polar surface area (TPSA) is 12.7 Å². The van der Waals surface area contributed by atoms with Crippen LogP contribution in [0.15, 0.2) is 91.1 Å². The Balaban J connectivity index is 1.48. The lowest BCUT2D eigenvalue weighted by molar-refractivity contribution is -0.671. The van der Waals surface area contributed by atoms with E-state index in [1.807, 2.05) is 0 Å². The predicted molar refractivity (Wildman–Crippen MR) is 220 cm³/mol. The molecule has 0 radical (unpaired) electrons. The lowest BCUT2D eigenvalue weighted by Gasteiger charge is -2.43. The molecule has 0 N–H and O–H groups in total. The minimum absolute atomic E-state index is 0.152. The quantitative estimate of drug-likeness (QED) is 0.0965. The van der Waals surface area contributed by atoms with E-state index in [1.54, 1.807) is 11.1 Å². The van der Waals surface area contributed by atoms with Gasteiger partial charge in [-0.15, -0.1) is 0 Å². The average molecular weight is 694 g/mol. The Morgan fingerprint density at radius 2 is 1.54 bits per heavy atom. The van der Waals surface area contributed by atoms with Gasteiger partial charge in [-0.3, -0.25) is 0 Å². The zero-order valence-corrected chi connectivity index (χ0v) is 33.7.